The predicted octanol–water partition coefficient (Wildman–Crippen LogP) is 2.49. The molecular formula is C77H114O28. The van der Waals surface area contributed by atoms with Gasteiger partial charge in [-0.15, -0.1) is 0 Å². The number of rotatable bonds is 23. The van der Waals surface area contributed by atoms with E-state index in [0.29, 0.717) is 51.4 Å². The van der Waals surface area contributed by atoms with Gasteiger partial charge in [-0.1, -0.05) is 97.0 Å². The maximum absolute atomic E-state index is 14.4. The number of unbranched alkanes of at least 4 members (excludes halogenated alkanes) is 1. The number of esters is 2. The van der Waals surface area contributed by atoms with E-state index < -0.39 is 218 Å². The van der Waals surface area contributed by atoms with Gasteiger partial charge < -0.3 is 123 Å². The normalized spacial score (nSPS) is 48.1. The Morgan fingerprint density at radius 3 is 2.00 bits per heavy atom. The van der Waals surface area contributed by atoms with Gasteiger partial charge in [0.25, 0.3) is 6.47 Å². The van der Waals surface area contributed by atoms with Crippen LogP contribution in [0.5, 0.6) is 0 Å². The van der Waals surface area contributed by atoms with Crippen LogP contribution >= 0.6 is 0 Å². The number of aliphatic hydroxyl groups excluding tert-OH is 12. The largest absolute Gasteiger partial charge is 0.468 e. The summed E-state index contributed by atoms with van der Waals surface area (Å²) < 4.78 is 75.4. The van der Waals surface area contributed by atoms with Crippen molar-refractivity contribution >= 4 is 30.8 Å². The summed E-state index contributed by atoms with van der Waals surface area (Å²) in [6.45, 7) is 23.1. The van der Waals surface area contributed by atoms with Crippen molar-refractivity contribution in [1.29, 1.82) is 0 Å². The molecule has 1 aromatic carbocycles. The molecule has 4 aliphatic heterocycles. The van der Waals surface area contributed by atoms with E-state index in [-0.39, 0.29) is 60.7 Å². The number of aryl methyl sites for hydroxylation is 1. The van der Waals surface area contributed by atoms with Crippen LogP contribution in [-0.2, 0) is 76.0 Å². The molecule has 0 bridgehead atoms. The molecule has 0 amide bonds. The monoisotopic (exact) mass is 1490 g/mol. The van der Waals surface area contributed by atoms with Crippen molar-refractivity contribution in [2.75, 3.05) is 19.8 Å². The first-order valence-electron chi connectivity index (χ1n) is 37.5. The summed E-state index contributed by atoms with van der Waals surface area (Å²) in [5, 5.41) is 135. The molecule has 5 saturated carbocycles. The van der Waals surface area contributed by atoms with Gasteiger partial charge in [0, 0.05) is 18.9 Å². The summed E-state index contributed by atoms with van der Waals surface area (Å²) in [5.74, 6) is -3.44. The van der Waals surface area contributed by atoms with Crippen molar-refractivity contribution in [2.45, 2.75) is 293 Å². The van der Waals surface area contributed by atoms with Crippen LogP contribution in [0.15, 0.2) is 54.8 Å². The molecule has 0 radical (unpaired) electrons. The molecule has 6 aliphatic carbocycles. The molecule has 1 aromatic rings. The van der Waals surface area contributed by atoms with E-state index in [2.05, 4.69) is 53.3 Å². The topological polar surface area (TPSA) is 422 Å². The Kier molecular flexibility index (Phi) is 25.2. The van der Waals surface area contributed by atoms with Crippen LogP contribution in [0.1, 0.15) is 144 Å². The van der Waals surface area contributed by atoms with E-state index in [1.165, 1.54) is 13.0 Å². The van der Waals surface area contributed by atoms with E-state index in [9.17, 15) is 80.5 Å². The Labute approximate surface area is 613 Å². The van der Waals surface area contributed by atoms with Gasteiger partial charge in [-0.05, 0) is 153 Å². The fraction of sp³-hybridized carbons (Fsp3) is 0.792. The number of allylic oxidation sites excluding steroid dienone is 3. The molecule has 9 fully saturated rings. The molecule has 28 nitrogen and oxygen atoms in total. The zero-order valence-electron chi connectivity index (χ0n) is 61.8. The summed E-state index contributed by atoms with van der Waals surface area (Å²) >= 11 is 0. The quantitative estimate of drug-likeness (QED) is 0.0109. The molecule has 10 aliphatic rings. The third-order valence-corrected chi connectivity index (χ3v) is 26.3. The summed E-state index contributed by atoms with van der Waals surface area (Å²) in [5.41, 5.74) is -1.48. The van der Waals surface area contributed by atoms with Crippen LogP contribution in [0.2, 0.25) is 0 Å². The van der Waals surface area contributed by atoms with Crippen molar-refractivity contribution in [2.24, 2.45) is 68.5 Å². The van der Waals surface area contributed by atoms with Crippen molar-refractivity contribution in [1.82, 2.24) is 0 Å². The molecule has 12 N–H and O–H groups in total. The molecule has 0 spiro atoms. The number of aliphatic hydroxyl groups is 12. The minimum atomic E-state index is -1.97. The fourth-order valence-electron chi connectivity index (χ4n) is 20.5. The summed E-state index contributed by atoms with van der Waals surface area (Å²) in [6, 6.07) is 7.48. The number of ether oxygens (including phenoxy) is 12. The fourth-order valence-corrected chi connectivity index (χ4v) is 20.5. The highest BCUT2D eigenvalue weighted by Crippen LogP contribution is 2.75. The lowest BCUT2D eigenvalue weighted by molar-refractivity contribution is -0.394. The van der Waals surface area contributed by atoms with E-state index in [1.54, 1.807) is 19.9 Å². The van der Waals surface area contributed by atoms with E-state index in [4.69, 9.17) is 56.8 Å². The standard InChI is InChI=1S/C77H114O28/c1-36-15-17-41(18-16-36)19-22-53(84)103-64-39(4)97-71(68(66(64)98-40(5)81)99-48-28-37(2)55(85)60(90)57(48)87)96-38(3)42-29-73(6,7)30-43-44-20-21-51-74(8)25-24-52(75(9,34-79)50(74)23-26-76(51,10)77(44,11)31-45(82)54(42)43)102-72-67(105-70-63(93)61(91)58(88)49(32-78)101-70)65(104-69-62(92)56(86)46(83)33-95-69)59(89)47(100-72)14-12-13-27-94-35-80/h15-22,34-35,37,39,42-52,54-72,78,82-83,85-93H,3,12-14,23-33H2,1-2,4-11H3/b22-19+/t37?,39?,42-,43-,44?,45+,46?,47?,48?,49?,50+,51+,52-,54?,55?,56?,57?,58?,59?,60?,61?,62?,63?,64?,65?,66?,67?,68?,69?,70?,71?,72?,74-,75-,76+,77+/m0/s1. The molecule has 26 unspecified atom stereocenters. The molecular weight excluding hydrogens is 1370 g/mol. The molecule has 590 valence electrons. The SMILES string of the molecule is C=C(OC1OC(C)C(OC(=O)/C=C/c2ccc(C)cc2)C(OC(C)=O)C1OC1CC(C)C(O)C(O)C1O)[C@@H]1CC(C)(C)C[C@@H]2C1[C@H](O)C[C@]1(C)C2C=C[C@@H]2[C@@]3(C)CC[C@H](OC4OC(CCCCOC=O)C(O)C(OC5OCC(O)C(O)C5O)C4OC4OC(CO)C(O)C(O)C4O)[C@@](C)(C=O)[C@@H]3CC[C@]21C. The Bertz CT molecular complexity index is 3220. The number of fused-ring (bicyclic) bond motifs is 7. The van der Waals surface area contributed by atoms with Gasteiger partial charge in [0.05, 0.1) is 67.6 Å². The Balaban J connectivity index is 0.867. The molecule has 4 heterocycles. The van der Waals surface area contributed by atoms with Gasteiger partial charge in [0.15, 0.2) is 37.2 Å². The van der Waals surface area contributed by atoms with Gasteiger partial charge in [0.2, 0.25) is 6.29 Å². The lowest BCUT2D eigenvalue weighted by Gasteiger charge is -2.71. The molecule has 36 atom stereocenters. The van der Waals surface area contributed by atoms with Gasteiger partial charge in [-0.2, -0.15) is 0 Å². The van der Waals surface area contributed by atoms with E-state index in [0.717, 1.165) is 23.8 Å². The van der Waals surface area contributed by atoms with E-state index in [1.807, 2.05) is 38.1 Å². The Morgan fingerprint density at radius 2 is 1.31 bits per heavy atom. The number of hydrogen-bond donors (Lipinski definition) is 12. The second-order valence-electron chi connectivity index (χ2n) is 33.6. The smallest absolute Gasteiger partial charge is 0.331 e. The minimum Gasteiger partial charge on any atom is -0.468 e. The van der Waals surface area contributed by atoms with Gasteiger partial charge in [0.1, 0.15) is 79.5 Å². The van der Waals surface area contributed by atoms with Crippen LogP contribution in [0.3, 0.4) is 0 Å². The highest BCUT2D eigenvalue weighted by Gasteiger charge is 2.71. The number of carbonyl (C=O) groups is 4. The summed E-state index contributed by atoms with van der Waals surface area (Å²) in [6.07, 6.45) is -24.9. The number of carbonyl (C=O) groups excluding carboxylic acids is 4. The zero-order chi connectivity index (χ0) is 76.3. The van der Waals surface area contributed by atoms with Crippen LogP contribution in [-0.4, -0.2) is 259 Å². The maximum Gasteiger partial charge on any atom is 0.331 e. The third-order valence-electron chi connectivity index (χ3n) is 26.3. The Morgan fingerprint density at radius 1 is 0.638 bits per heavy atom. The summed E-state index contributed by atoms with van der Waals surface area (Å²) in [4.78, 5) is 52.4. The molecule has 0 aromatic heterocycles. The number of benzene rings is 1. The summed E-state index contributed by atoms with van der Waals surface area (Å²) in [7, 11) is 0. The van der Waals surface area contributed by atoms with Crippen LogP contribution in [0.4, 0.5) is 0 Å². The number of aldehydes is 1. The first-order valence-corrected chi connectivity index (χ1v) is 37.5. The van der Waals surface area contributed by atoms with Gasteiger partial charge in [-0.3, -0.25) is 9.59 Å². The van der Waals surface area contributed by atoms with Gasteiger partial charge >= 0.3 is 11.9 Å². The second-order valence-corrected chi connectivity index (χ2v) is 33.6. The predicted molar refractivity (Wildman–Crippen MR) is 368 cm³/mol. The Hall–Kier alpha value is -4.48. The third kappa shape index (κ3) is 15.8. The lowest BCUT2D eigenvalue weighted by Crippen LogP contribution is -2.68. The van der Waals surface area contributed by atoms with Crippen molar-refractivity contribution in [3.63, 3.8) is 0 Å². The minimum absolute atomic E-state index is 0.0463. The highest BCUT2D eigenvalue weighted by molar-refractivity contribution is 5.87. The second kappa shape index (κ2) is 32.5. The average Bonchev–Trinajstić information content (AvgIpc) is 0.676. The first-order chi connectivity index (χ1) is 49.5. The van der Waals surface area contributed by atoms with Gasteiger partial charge in [-0.25, -0.2) is 4.79 Å². The maximum atomic E-state index is 14.4. The van der Waals surface area contributed by atoms with Crippen molar-refractivity contribution < 1.29 is 137 Å². The highest BCUT2D eigenvalue weighted by atomic mass is 16.8. The van der Waals surface area contributed by atoms with Crippen LogP contribution in [0, 0.1) is 75.4 Å². The van der Waals surface area contributed by atoms with Crippen molar-refractivity contribution in [3.05, 3.63) is 66.0 Å². The lowest BCUT2D eigenvalue weighted by atomic mass is 9.33. The first kappa shape index (κ1) is 81.5. The number of hydrogen-bond acceptors (Lipinski definition) is 28. The molecule has 28 heteroatoms. The molecule has 105 heavy (non-hydrogen) atoms. The van der Waals surface area contributed by atoms with Crippen LogP contribution < -0.4 is 0 Å². The zero-order valence-corrected chi connectivity index (χ0v) is 61.8. The van der Waals surface area contributed by atoms with Crippen molar-refractivity contribution in [3.8, 4) is 0 Å². The molecule has 4 saturated heterocycles. The van der Waals surface area contributed by atoms with E-state index >= 15 is 0 Å². The average molecular weight is 1490 g/mol. The molecule has 11 rings (SSSR count). The van der Waals surface area contributed by atoms with Crippen LogP contribution in [0.25, 0.3) is 6.08 Å².